The lowest BCUT2D eigenvalue weighted by Gasteiger charge is -2.14. The van der Waals surface area contributed by atoms with E-state index in [4.69, 9.17) is 18.7 Å². The number of amides is 1. The van der Waals surface area contributed by atoms with Crippen molar-refractivity contribution < 1.29 is 23.5 Å². The van der Waals surface area contributed by atoms with Crippen LogP contribution in [-0.2, 0) is 19.6 Å². The predicted molar refractivity (Wildman–Crippen MR) is 119 cm³/mol. The average Bonchev–Trinajstić information content (AvgIpc) is 3.30. The molecule has 1 aromatic heterocycles. The van der Waals surface area contributed by atoms with E-state index in [1.807, 2.05) is 45.9 Å². The average molecular weight is 437 g/mol. The van der Waals surface area contributed by atoms with Crippen molar-refractivity contribution in [2.75, 3.05) is 6.61 Å². The van der Waals surface area contributed by atoms with Gasteiger partial charge >= 0.3 is 0 Å². The quantitative estimate of drug-likeness (QED) is 0.559. The summed E-state index contributed by atoms with van der Waals surface area (Å²) in [4.78, 5) is 12.8. The number of rotatable bonds is 8. The van der Waals surface area contributed by atoms with E-state index in [0.29, 0.717) is 31.1 Å². The maximum Gasteiger partial charge on any atom is 0.251 e. The number of fused-ring (bicyclic) bond motifs is 1. The van der Waals surface area contributed by atoms with Crippen LogP contribution in [0.1, 0.15) is 52.3 Å². The molecule has 0 spiro atoms. The number of aryl methyl sites for hydroxylation is 2. The van der Waals surface area contributed by atoms with Crippen LogP contribution in [0, 0.1) is 13.8 Å². The molecule has 168 valence electrons. The molecule has 7 heteroatoms. The van der Waals surface area contributed by atoms with E-state index in [1.165, 1.54) is 0 Å². The van der Waals surface area contributed by atoms with Gasteiger partial charge in [-0.05, 0) is 58.0 Å². The lowest BCUT2D eigenvalue weighted by molar-refractivity contribution is 0.0950. The third-order valence-corrected chi connectivity index (χ3v) is 5.48. The van der Waals surface area contributed by atoms with Gasteiger partial charge in [-0.2, -0.15) is 0 Å². The molecule has 0 fully saturated rings. The van der Waals surface area contributed by atoms with Gasteiger partial charge in [0.05, 0.1) is 17.9 Å². The van der Waals surface area contributed by atoms with Crippen LogP contribution in [0.3, 0.4) is 0 Å². The summed E-state index contributed by atoms with van der Waals surface area (Å²) in [5, 5.41) is 6.91. The van der Waals surface area contributed by atoms with E-state index in [1.54, 1.807) is 18.2 Å². The zero-order valence-corrected chi connectivity index (χ0v) is 18.9. The van der Waals surface area contributed by atoms with Crippen LogP contribution >= 0.6 is 0 Å². The fraction of sp³-hybridized carbons (Fsp3) is 0.360. The molecular formula is C25H28N2O5. The summed E-state index contributed by atoms with van der Waals surface area (Å²) in [5.74, 6) is 2.78. The number of benzene rings is 2. The molecule has 4 rings (SSSR count). The first-order valence-corrected chi connectivity index (χ1v) is 10.8. The monoisotopic (exact) mass is 436 g/mol. The van der Waals surface area contributed by atoms with Crippen molar-refractivity contribution in [2.45, 2.75) is 53.4 Å². The zero-order chi connectivity index (χ0) is 22.7. The Morgan fingerprint density at radius 1 is 1.22 bits per heavy atom. The number of ether oxygens (including phenoxy) is 3. The van der Waals surface area contributed by atoms with Crippen molar-refractivity contribution in [2.24, 2.45) is 0 Å². The first-order valence-electron chi connectivity index (χ1n) is 10.8. The predicted octanol–water partition coefficient (Wildman–Crippen LogP) is 4.52. The first kappa shape index (κ1) is 21.7. The summed E-state index contributed by atoms with van der Waals surface area (Å²) in [6.07, 6.45) is 1.01. The largest absolute Gasteiger partial charge is 0.494 e. The Hall–Kier alpha value is -3.48. The molecule has 1 amide bonds. The molecule has 32 heavy (non-hydrogen) atoms. The molecule has 1 aliphatic rings. The van der Waals surface area contributed by atoms with Gasteiger partial charge < -0.3 is 24.1 Å². The number of hydrogen-bond acceptors (Lipinski definition) is 6. The summed E-state index contributed by atoms with van der Waals surface area (Å²) < 4.78 is 22.7. The molecule has 0 bridgehead atoms. The highest BCUT2D eigenvalue weighted by molar-refractivity contribution is 5.94. The highest BCUT2D eigenvalue weighted by Crippen LogP contribution is 2.35. The minimum atomic E-state index is -0.190. The van der Waals surface area contributed by atoms with Crippen LogP contribution < -0.4 is 19.5 Å². The van der Waals surface area contributed by atoms with Crippen molar-refractivity contribution in [1.82, 2.24) is 10.5 Å². The highest BCUT2D eigenvalue weighted by atomic mass is 16.5. The Morgan fingerprint density at radius 3 is 2.81 bits per heavy atom. The molecule has 3 aromatic rings. The van der Waals surface area contributed by atoms with Gasteiger partial charge in [-0.15, -0.1) is 0 Å². The van der Waals surface area contributed by atoms with Crippen LogP contribution in [0.15, 0.2) is 40.9 Å². The number of nitrogens with zero attached hydrogens (tertiary/aromatic N) is 1. The third-order valence-electron chi connectivity index (χ3n) is 5.48. The Kier molecular flexibility index (Phi) is 6.35. The van der Waals surface area contributed by atoms with Crippen molar-refractivity contribution in [3.8, 4) is 17.2 Å². The van der Waals surface area contributed by atoms with Gasteiger partial charge in [0.15, 0.2) is 0 Å². The fourth-order valence-electron chi connectivity index (χ4n) is 3.78. The molecular weight excluding hydrogens is 408 g/mol. The number of carbonyl (C=O) groups excluding carboxylic acids is 1. The fourth-order valence-corrected chi connectivity index (χ4v) is 3.78. The topological polar surface area (TPSA) is 82.8 Å². The van der Waals surface area contributed by atoms with E-state index < -0.39 is 0 Å². The Bertz CT molecular complexity index is 1100. The molecule has 1 unspecified atom stereocenters. The van der Waals surface area contributed by atoms with E-state index >= 15 is 0 Å². The van der Waals surface area contributed by atoms with Crippen LogP contribution in [-0.4, -0.2) is 23.8 Å². The molecule has 7 nitrogen and oxygen atoms in total. The van der Waals surface area contributed by atoms with Crippen molar-refractivity contribution in [1.29, 1.82) is 0 Å². The summed E-state index contributed by atoms with van der Waals surface area (Å²) in [6, 6.07) is 11.1. The lowest BCUT2D eigenvalue weighted by atomic mass is 10.1. The zero-order valence-electron chi connectivity index (χ0n) is 18.9. The summed E-state index contributed by atoms with van der Waals surface area (Å²) >= 11 is 0. The lowest BCUT2D eigenvalue weighted by Crippen LogP contribution is -2.23. The van der Waals surface area contributed by atoms with E-state index in [0.717, 1.165) is 46.1 Å². The van der Waals surface area contributed by atoms with Gasteiger partial charge in [0, 0.05) is 29.7 Å². The second-order valence-electron chi connectivity index (χ2n) is 7.94. The minimum absolute atomic E-state index is 0.150. The van der Waals surface area contributed by atoms with Gasteiger partial charge in [0.25, 0.3) is 5.91 Å². The van der Waals surface area contributed by atoms with Gasteiger partial charge in [-0.3, -0.25) is 4.79 Å². The van der Waals surface area contributed by atoms with E-state index in [2.05, 4.69) is 10.5 Å². The maximum absolute atomic E-state index is 12.8. The number of nitrogens with one attached hydrogen (secondary N) is 1. The van der Waals surface area contributed by atoms with Crippen molar-refractivity contribution in [3.05, 3.63) is 70.1 Å². The van der Waals surface area contributed by atoms with Gasteiger partial charge in [0.1, 0.15) is 35.7 Å². The minimum Gasteiger partial charge on any atom is -0.494 e. The number of carbonyl (C=O) groups is 1. The normalized spacial score (nSPS) is 14.6. The van der Waals surface area contributed by atoms with Gasteiger partial charge in [-0.1, -0.05) is 11.2 Å². The third kappa shape index (κ3) is 4.72. The molecule has 0 radical (unpaired) electrons. The SMILES string of the molecule is CCOc1cc2c(cc1CNC(=O)c1cccc(OCc3c(C)noc3C)c1)OC(C)C2. The van der Waals surface area contributed by atoms with Crippen LogP contribution in [0.2, 0.25) is 0 Å². The Labute approximate surface area is 187 Å². The summed E-state index contributed by atoms with van der Waals surface area (Å²) in [6.45, 7) is 8.94. The highest BCUT2D eigenvalue weighted by Gasteiger charge is 2.22. The molecule has 2 heterocycles. The van der Waals surface area contributed by atoms with Crippen LogP contribution in [0.5, 0.6) is 17.2 Å². The second-order valence-corrected chi connectivity index (χ2v) is 7.94. The molecule has 0 saturated heterocycles. The summed E-state index contributed by atoms with van der Waals surface area (Å²) in [5.41, 5.74) is 4.26. The Morgan fingerprint density at radius 2 is 2.06 bits per heavy atom. The molecule has 0 aliphatic carbocycles. The smallest absolute Gasteiger partial charge is 0.251 e. The molecule has 1 atom stereocenters. The van der Waals surface area contributed by atoms with E-state index in [-0.39, 0.29) is 12.0 Å². The standard InChI is InChI=1S/C25H28N2O5/c1-5-29-23-11-19-9-15(2)31-24(19)12-20(23)13-26-25(28)18-7-6-8-21(10-18)30-14-22-16(3)27-32-17(22)4/h6-8,10-12,15H,5,9,13-14H2,1-4H3,(H,26,28). The van der Waals surface area contributed by atoms with Gasteiger partial charge in [0.2, 0.25) is 0 Å². The van der Waals surface area contributed by atoms with Crippen molar-refractivity contribution in [3.63, 3.8) is 0 Å². The van der Waals surface area contributed by atoms with Crippen molar-refractivity contribution >= 4 is 5.91 Å². The van der Waals surface area contributed by atoms with Crippen LogP contribution in [0.4, 0.5) is 0 Å². The Balaban J connectivity index is 1.42. The number of aromatic nitrogens is 1. The molecule has 0 saturated carbocycles. The van der Waals surface area contributed by atoms with Gasteiger partial charge in [-0.25, -0.2) is 0 Å². The summed E-state index contributed by atoms with van der Waals surface area (Å²) in [7, 11) is 0. The van der Waals surface area contributed by atoms with E-state index in [9.17, 15) is 4.79 Å². The van der Waals surface area contributed by atoms with Crippen LogP contribution in [0.25, 0.3) is 0 Å². The molecule has 1 N–H and O–H groups in total. The molecule has 1 aliphatic heterocycles. The second kappa shape index (κ2) is 9.34. The first-order chi connectivity index (χ1) is 15.4. The maximum atomic E-state index is 12.8. The molecule has 2 aromatic carbocycles. The number of hydrogen-bond donors (Lipinski definition) is 1.